The summed E-state index contributed by atoms with van der Waals surface area (Å²) < 4.78 is 0. The van der Waals surface area contributed by atoms with Gasteiger partial charge in [0.2, 0.25) is 5.95 Å². The molecule has 31 heavy (non-hydrogen) atoms. The van der Waals surface area contributed by atoms with E-state index in [4.69, 9.17) is 0 Å². The Bertz CT molecular complexity index is 1150. The second-order valence-corrected chi connectivity index (χ2v) is 8.46. The molecule has 2 aliphatic rings. The van der Waals surface area contributed by atoms with Crippen LogP contribution in [0, 0.1) is 6.92 Å². The Morgan fingerprint density at radius 1 is 0.871 bits per heavy atom. The van der Waals surface area contributed by atoms with Crippen molar-refractivity contribution in [3.05, 3.63) is 76.4 Å². The summed E-state index contributed by atoms with van der Waals surface area (Å²) in [5.41, 5.74) is 2.59. The first-order valence-corrected chi connectivity index (χ1v) is 11.0. The van der Waals surface area contributed by atoms with Crippen molar-refractivity contribution in [3.8, 4) is 0 Å². The second-order valence-electron chi connectivity index (χ2n) is 7.51. The quantitative estimate of drug-likeness (QED) is 0.592. The van der Waals surface area contributed by atoms with Gasteiger partial charge in [-0.3, -0.25) is 9.59 Å². The largest absolute Gasteiger partial charge is 0.363 e. The van der Waals surface area contributed by atoms with Crippen molar-refractivity contribution < 1.29 is 9.59 Å². The Morgan fingerprint density at radius 2 is 1.61 bits per heavy atom. The van der Waals surface area contributed by atoms with E-state index in [0.29, 0.717) is 49.1 Å². The highest BCUT2D eigenvalue weighted by molar-refractivity contribution is 7.11. The molecule has 0 saturated carbocycles. The number of hydrogen-bond acceptors (Lipinski definition) is 7. The Labute approximate surface area is 184 Å². The van der Waals surface area contributed by atoms with E-state index >= 15 is 0 Å². The SMILES string of the molecule is Cc1cccc(N2C(=O)C(c3cccs3)=C(N3CCN(c4ncccn4)CC3)C2=O)c1. The summed E-state index contributed by atoms with van der Waals surface area (Å²) in [5.74, 6) is 0.162. The fraction of sp³-hybridized carbons (Fsp3) is 0.217. The van der Waals surface area contributed by atoms with Crippen LogP contribution in [0.1, 0.15) is 10.4 Å². The maximum absolute atomic E-state index is 13.6. The second kappa shape index (κ2) is 7.96. The molecule has 3 aromatic rings. The predicted octanol–water partition coefficient (Wildman–Crippen LogP) is 2.95. The highest BCUT2D eigenvalue weighted by Crippen LogP contribution is 2.37. The van der Waals surface area contributed by atoms with E-state index in [9.17, 15) is 9.59 Å². The van der Waals surface area contributed by atoms with Crippen LogP contribution in [0.4, 0.5) is 11.6 Å². The molecule has 2 amide bonds. The van der Waals surface area contributed by atoms with Crippen molar-refractivity contribution in [3.63, 3.8) is 0 Å². The lowest BCUT2D eigenvalue weighted by Gasteiger charge is -2.36. The Hall–Kier alpha value is -3.52. The lowest BCUT2D eigenvalue weighted by atomic mass is 10.1. The molecule has 2 aromatic heterocycles. The summed E-state index contributed by atoms with van der Waals surface area (Å²) >= 11 is 1.48. The van der Waals surface area contributed by atoms with Crippen LogP contribution in [-0.2, 0) is 9.59 Å². The third-order valence-corrected chi connectivity index (χ3v) is 6.41. The number of anilines is 2. The van der Waals surface area contributed by atoms with Gasteiger partial charge >= 0.3 is 0 Å². The van der Waals surface area contributed by atoms with Crippen molar-refractivity contribution in [1.29, 1.82) is 0 Å². The van der Waals surface area contributed by atoms with Gasteiger partial charge in [-0.05, 0) is 42.1 Å². The van der Waals surface area contributed by atoms with Crippen molar-refractivity contribution in [2.24, 2.45) is 0 Å². The maximum atomic E-state index is 13.6. The highest BCUT2D eigenvalue weighted by Gasteiger charge is 2.43. The van der Waals surface area contributed by atoms with E-state index in [1.54, 1.807) is 18.5 Å². The lowest BCUT2D eigenvalue weighted by molar-refractivity contribution is -0.120. The Balaban J connectivity index is 1.48. The summed E-state index contributed by atoms with van der Waals surface area (Å²) in [6, 6.07) is 13.1. The molecule has 0 unspecified atom stereocenters. The van der Waals surface area contributed by atoms with Crippen LogP contribution >= 0.6 is 11.3 Å². The molecule has 156 valence electrons. The van der Waals surface area contributed by atoms with Crippen molar-refractivity contribution in [2.75, 3.05) is 36.0 Å². The van der Waals surface area contributed by atoms with E-state index in [0.717, 1.165) is 10.4 Å². The summed E-state index contributed by atoms with van der Waals surface area (Å²) in [5, 5.41) is 1.93. The maximum Gasteiger partial charge on any atom is 0.282 e. The molecule has 4 heterocycles. The first-order valence-electron chi connectivity index (χ1n) is 10.1. The van der Waals surface area contributed by atoms with E-state index in [1.165, 1.54) is 16.2 Å². The number of carbonyl (C=O) groups excluding carboxylic acids is 2. The number of aryl methyl sites for hydroxylation is 1. The van der Waals surface area contributed by atoms with Crippen LogP contribution in [0.3, 0.4) is 0 Å². The van der Waals surface area contributed by atoms with E-state index in [1.807, 2.05) is 53.6 Å². The van der Waals surface area contributed by atoms with Gasteiger partial charge in [-0.25, -0.2) is 14.9 Å². The Morgan fingerprint density at radius 3 is 2.29 bits per heavy atom. The molecule has 0 atom stereocenters. The van der Waals surface area contributed by atoms with Gasteiger partial charge in [0.15, 0.2) is 0 Å². The average Bonchev–Trinajstić information content (AvgIpc) is 3.40. The molecule has 0 spiro atoms. The summed E-state index contributed by atoms with van der Waals surface area (Å²) in [4.78, 5) is 41.9. The molecular weight excluding hydrogens is 410 g/mol. The number of imide groups is 1. The van der Waals surface area contributed by atoms with Crippen LogP contribution < -0.4 is 9.80 Å². The molecule has 0 aliphatic carbocycles. The van der Waals surface area contributed by atoms with Crippen molar-refractivity contribution in [2.45, 2.75) is 6.92 Å². The topological polar surface area (TPSA) is 69.6 Å². The first kappa shape index (κ1) is 19.4. The van der Waals surface area contributed by atoms with Crippen molar-refractivity contribution in [1.82, 2.24) is 14.9 Å². The minimum atomic E-state index is -0.262. The number of rotatable bonds is 4. The number of carbonyl (C=O) groups is 2. The minimum Gasteiger partial charge on any atom is -0.363 e. The van der Waals surface area contributed by atoms with Crippen LogP contribution in [-0.4, -0.2) is 52.9 Å². The summed E-state index contributed by atoms with van der Waals surface area (Å²) in [6.07, 6.45) is 3.45. The average molecular weight is 432 g/mol. The molecular formula is C23H21N5O2S. The smallest absolute Gasteiger partial charge is 0.282 e. The number of piperazine rings is 1. The van der Waals surface area contributed by atoms with Gasteiger partial charge < -0.3 is 9.80 Å². The number of nitrogens with zero attached hydrogens (tertiary/aromatic N) is 5. The lowest BCUT2D eigenvalue weighted by Crippen LogP contribution is -2.48. The molecule has 1 saturated heterocycles. The van der Waals surface area contributed by atoms with Gasteiger partial charge in [-0.2, -0.15) is 0 Å². The number of benzene rings is 1. The normalized spacial score (nSPS) is 17.1. The molecule has 5 rings (SSSR count). The standard InChI is InChI=1S/C23H21N5O2S/c1-16-5-2-6-17(15-16)28-21(29)19(18-7-3-14-31-18)20(22(28)30)26-10-12-27(13-11-26)23-24-8-4-9-25-23/h2-9,14-15H,10-13H2,1H3. The van der Waals surface area contributed by atoms with Crippen LogP contribution in [0.25, 0.3) is 5.57 Å². The van der Waals surface area contributed by atoms with Crippen LogP contribution in [0.2, 0.25) is 0 Å². The summed E-state index contributed by atoms with van der Waals surface area (Å²) in [7, 11) is 0. The summed E-state index contributed by atoms with van der Waals surface area (Å²) in [6.45, 7) is 4.54. The van der Waals surface area contributed by atoms with Crippen molar-refractivity contribution >= 4 is 40.4 Å². The molecule has 1 aromatic carbocycles. The van der Waals surface area contributed by atoms with E-state index in [-0.39, 0.29) is 11.8 Å². The molecule has 2 aliphatic heterocycles. The zero-order chi connectivity index (χ0) is 21.4. The molecule has 0 bridgehead atoms. The van der Waals surface area contributed by atoms with Crippen LogP contribution in [0.15, 0.2) is 65.9 Å². The van der Waals surface area contributed by atoms with Gasteiger partial charge in [-0.1, -0.05) is 18.2 Å². The number of aromatic nitrogens is 2. The monoisotopic (exact) mass is 431 g/mol. The number of hydrogen-bond donors (Lipinski definition) is 0. The molecule has 8 heteroatoms. The fourth-order valence-electron chi connectivity index (χ4n) is 4.04. The Kier molecular flexibility index (Phi) is 4.99. The van der Waals surface area contributed by atoms with Gasteiger partial charge in [0.05, 0.1) is 11.3 Å². The van der Waals surface area contributed by atoms with Gasteiger partial charge in [0.25, 0.3) is 11.8 Å². The zero-order valence-corrected chi connectivity index (χ0v) is 17.9. The van der Waals surface area contributed by atoms with E-state index < -0.39 is 0 Å². The van der Waals surface area contributed by atoms with Gasteiger partial charge in [-0.15, -0.1) is 11.3 Å². The molecule has 7 nitrogen and oxygen atoms in total. The zero-order valence-electron chi connectivity index (χ0n) is 17.1. The van der Waals surface area contributed by atoms with Gasteiger partial charge in [0, 0.05) is 43.4 Å². The third kappa shape index (κ3) is 3.48. The highest BCUT2D eigenvalue weighted by atomic mass is 32.1. The van der Waals surface area contributed by atoms with Gasteiger partial charge in [0.1, 0.15) is 5.70 Å². The first-order chi connectivity index (χ1) is 15.1. The number of amides is 2. The third-order valence-electron chi connectivity index (χ3n) is 5.52. The fourth-order valence-corrected chi connectivity index (χ4v) is 4.80. The van der Waals surface area contributed by atoms with E-state index in [2.05, 4.69) is 14.9 Å². The number of thiophene rings is 1. The molecule has 0 N–H and O–H groups in total. The van der Waals surface area contributed by atoms with Crippen LogP contribution in [0.5, 0.6) is 0 Å². The predicted molar refractivity (Wildman–Crippen MR) is 121 cm³/mol. The minimum absolute atomic E-state index is 0.261. The molecule has 1 fully saturated rings. The molecule has 0 radical (unpaired) electrons.